The first kappa shape index (κ1) is 15.5. The lowest BCUT2D eigenvalue weighted by Crippen LogP contribution is -2.43. The van der Waals surface area contributed by atoms with E-state index in [4.69, 9.17) is 4.74 Å². The number of ether oxygens (including phenoxy) is 1. The molecule has 1 aliphatic rings. The molecule has 6 nitrogen and oxygen atoms in total. The zero-order chi connectivity index (χ0) is 14.5. The Morgan fingerprint density at radius 3 is 2.63 bits per heavy atom. The predicted molar refractivity (Wildman–Crippen MR) is 69.4 cm³/mol. The minimum absolute atomic E-state index is 0.0385. The zero-order valence-electron chi connectivity index (χ0n) is 11.8. The number of nitrogens with one attached hydrogen (secondary N) is 1. The van der Waals surface area contributed by atoms with Gasteiger partial charge in [0.2, 0.25) is 0 Å². The van der Waals surface area contributed by atoms with Crippen LogP contribution in [0.4, 0.5) is 4.79 Å². The van der Waals surface area contributed by atoms with E-state index in [0.717, 1.165) is 17.7 Å². The Morgan fingerprint density at radius 2 is 2.05 bits per heavy atom. The maximum absolute atomic E-state index is 12.2. The Kier molecular flexibility index (Phi) is 5.32. The molecule has 1 fully saturated rings. The average molecular weight is 270 g/mol. The summed E-state index contributed by atoms with van der Waals surface area (Å²) in [5, 5.41) is 2.71. The minimum Gasteiger partial charge on any atom is -0.466 e. The molecule has 1 unspecified atom stereocenters. The van der Waals surface area contributed by atoms with Crippen molar-refractivity contribution in [1.29, 1.82) is 0 Å². The molecule has 0 spiro atoms. The summed E-state index contributed by atoms with van der Waals surface area (Å²) in [6.45, 7) is 5.85. The van der Waals surface area contributed by atoms with Crippen LogP contribution in [-0.2, 0) is 14.3 Å². The lowest BCUT2D eigenvalue weighted by molar-refractivity contribution is -0.143. The number of amides is 3. The van der Waals surface area contributed by atoms with Gasteiger partial charge in [-0.25, -0.2) is 4.79 Å². The lowest BCUT2D eigenvalue weighted by Gasteiger charge is -2.21. The third kappa shape index (κ3) is 3.68. The number of esters is 1. The fraction of sp³-hybridized carbons (Fsp3) is 0.769. The summed E-state index contributed by atoms with van der Waals surface area (Å²) in [5.74, 6) is -0.652. The summed E-state index contributed by atoms with van der Waals surface area (Å²) in [6, 6.07) is -0.423. The van der Waals surface area contributed by atoms with Gasteiger partial charge in [0.25, 0.3) is 5.91 Å². The highest BCUT2D eigenvalue weighted by Gasteiger charge is 2.46. The summed E-state index contributed by atoms with van der Waals surface area (Å²) in [7, 11) is 0. The number of unbranched alkanes of at least 4 members (excludes halogenated alkanes) is 1. The molecular weight excluding hydrogens is 248 g/mol. The summed E-state index contributed by atoms with van der Waals surface area (Å²) in [5.41, 5.74) is -0.832. The number of rotatable bonds is 7. The molecule has 19 heavy (non-hydrogen) atoms. The molecule has 0 aliphatic carbocycles. The van der Waals surface area contributed by atoms with Crippen LogP contribution in [0.5, 0.6) is 0 Å². The molecule has 3 amide bonds. The zero-order valence-corrected chi connectivity index (χ0v) is 11.8. The minimum atomic E-state index is -0.832. The van der Waals surface area contributed by atoms with Crippen molar-refractivity contribution < 1.29 is 19.1 Å². The molecular formula is C13H22N2O4. The number of carbonyl (C=O) groups is 3. The highest BCUT2D eigenvalue weighted by Crippen LogP contribution is 2.23. The van der Waals surface area contributed by atoms with Gasteiger partial charge in [-0.1, -0.05) is 19.8 Å². The van der Waals surface area contributed by atoms with Gasteiger partial charge in [-0.05, 0) is 20.3 Å². The van der Waals surface area contributed by atoms with Gasteiger partial charge in [0, 0.05) is 6.54 Å². The number of carbonyl (C=O) groups excluding carboxylic acids is 3. The van der Waals surface area contributed by atoms with E-state index >= 15 is 0 Å². The molecule has 0 aromatic rings. The number of hydrogen-bond donors (Lipinski definition) is 1. The Bertz CT molecular complexity index is 370. The van der Waals surface area contributed by atoms with Crippen LogP contribution < -0.4 is 5.32 Å². The molecule has 0 radical (unpaired) electrons. The Balaban J connectivity index is 2.58. The first-order chi connectivity index (χ1) is 8.94. The molecule has 0 aromatic heterocycles. The second kappa shape index (κ2) is 6.54. The second-order valence-corrected chi connectivity index (χ2v) is 4.88. The van der Waals surface area contributed by atoms with Crippen molar-refractivity contribution in [1.82, 2.24) is 10.2 Å². The van der Waals surface area contributed by atoms with E-state index in [1.165, 1.54) is 0 Å². The van der Waals surface area contributed by atoms with Gasteiger partial charge in [0.05, 0.1) is 13.0 Å². The summed E-state index contributed by atoms with van der Waals surface area (Å²) in [4.78, 5) is 36.3. The number of imide groups is 1. The maximum atomic E-state index is 12.2. The Labute approximate surface area is 113 Å². The van der Waals surface area contributed by atoms with Crippen molar-refractivity contribution in [3.63, 3.8) is 0 Å². The molecule has 6 heteroatoms. The average Bonchev–Trinajstić information content (AvgIpc) is 2.57. The fourth-order valence-corrected chi connectivity index (χ4v) is 2.09. The number of urea groups is 1. The van der Waals surface area contributed by atoms with Crippen LogP contribution in [-0.4, -0.2) is 41.5 Å². The van der Waals surface area contributed by atoms with Gasteiger partial charge >= 0.3 is 12.0 Å². The first-order valence-electron chi connectivity index (χ1n) is 6.74. The van der Waals surface area contributed by atoms with E-state index in [1.807, 2.05) is 6.92 Å². The van der Waals surface area contributed by atoms with E-state index in [1.54, 1.807) is 13.8 Å². The molecule has 1 atom stereocenters. The fourth-order valence-electron chi connectivity index (χ4n) is 2.09. The van der Waals surface area contributed by atoms with Crippen molar-refractivity contribution in [3.05, 3.63) is 0 Å². The molecule has 1 N–H and O–H groups in total. The monoisotopic (exact) mass is 270 g/mol. The third-order valence-electron chi connectivity index (χ3n) is 3.22. The van der Waals surface area contributed by atoms with Crippen LogP contribution in [0.1, 0.15) is 46.5 Å². The lowest BCUT2D eigenvalue weighted by atomic mass is 9.95. The van der Waals surface area contributed by atoms with Gasteiger partial charge in [0.1, 0.15) is 5.54 Å². The largest absolute Gasteiger partial charge is 0.466 e. The smallest absolute Gasteiger partial charge is 0.325 e. The molecule has 0 aromatic carbocycles. The van der Waals surface area contributed by atoms with Crippen LogP contribution in [0.25, 0.3) is 0 Å². The second-order valence-electron chi connectivity index (χ2n) is 4.88. The van der Waals surface area contributed by atoms with Crippen LogP contribution in [0.2, 0.25) is 0 Å². The van der Waals surface area contributed by atoms with Gasteiger partial charge < -0.3 is 10.1 Å². The molecule has 108 valence electrons. The van der Waals surface area contributed by atoms with E-state index in [0.29, 0.717) is 13.0 Å². The highest BCUT2D eigenvalue weighted by atomic mass is 16.5. The molecule has 1 aliphatic heterocycles. The van der Waals surface area contributed by atoms with Crippen LogP contribution in [0, 0.1) is 0 Å². The normalized spacial score (nSPS) is 22.6. The quantitative estimate of drug-likeness (QED) is 0.561. The number of hydrogen-bond acceptors (Lipinski definition) is 4. The number of nitrogens with zero attached hydrogens (tertiary/aromatic N) is 1. The van der Waals surface area contributed by atoms with Crippen molar-refractivity contribution in [2.45, 2.75) is 52.0 Å². The molecule has 1 saturated heterocycles. The Hall–Kier alpha value is -1.59. The van der Waals surface area contributed by atoms with Crippen LogP contribution >= 0.6 is 0 Å². The van der Waals surface area contributed by atoms with Gasteiger partial charge in [0.15, 0.2) is 0 Å². The topological polar surface area (TPSA) is 75.7 Å². The molecule has 0 saturated carbocycles. The van der Waals surface area contributed by atoms with Crippen molar-refractivity contribution in [3.8, 4) is 0 Å². The van der Waals surface area contributed by atoms with Gasteiger partial charge in [-0.2, -0.15) is 0 Å². The van der Waals surface area contributed by atoms with E-state index in [9.17, 15) is 14.4 Å². The maximum Gasteiger partial charge on any atom is 0.325 e. The van der Waals surface area contributed by atoms with Crippen molar-refractivity contribution in [2.24, 2.45) is 0 Å². The van der Waals surface area contributed by atoms with Gasteiger partial charge in [-0.3, -0.25) is 14.5 Å². The highest BCUT2D eigenvalue weighted by molar-refractivity contribution is 6.06. The molecule has 1 heterocycles. The summed E-state index contributed by atoms with van der Waals surface area (Å²) < 4.78 is 4.78. The van der Waals surface area contributed by atoms with Gasteiger partial charge in [-0.15, -0.1) is 0 Å². The predicted octanol–water partition coefficient (Wildman–Crippen LogP) is 1.44. The summed E-state index contributed by atoms with van der Waals surface area (Å²) >= 11 is 0. The van der Waals surface area contributed by atoms with E-state index in [2.05, 4.69) is 5.32 Å². The standard InChI is InChI=1S/C13H22N2O4/c1-4-6-8-13(3)11(17)15(12(18)14-13)9-7-10(16)19-5-2/h4-9H2,1-3H3,(H,14,18). The van der Waals surface area contributed by atoms with Crippen LogP contribution in [0.15, 0.2) is 0 Å². The Morgan fingerprint density at radius 1 is 1.37 bits per heavy atom. The third-order valence-corrected chi connectivity index (χ3v) is 3.22. The van der Waals surface area contributed by atoms with Crippen molar-refractivity contribution >= 4 is 17.9 Å². The van der Waals surface area contributed by atoms with Crippen molar-refractivity contribution in [2.75, 3.05) is 13.2 Å². The molecule has 1 rings (SSSR count). The van der Waals surface area contributed by atoms with Crippen LogP contribution in [0.3, 0.4) is 0 Å². The van der Waals surface area contributed by atoms with E-state index in [-0.39, 0.29) is 18.9 Å². The first-order valence-corrected chi connectivity index (χ1v) is 6.74. The molecule has 0 bridgehead atoms. The van der Waals surface area contributed by atoms with E-state index < -0.39 is 17.5 Å². The summed E-state index contributed by atoms with van der Waals surface area (Å²) in [6.07, 6.45) is 2.48. The SMILES string of the molecule is CCCCC1(C)NC(=O)N(CCC(=O)OCC)C1=O.